The van der Waals surface area contributed by atoms with Crippen molar-refractivity contribution >= 4 is 23.4 Å². The second kappa shape index (κ2) is 8.99. The zero-order valence-corrected chi connectivity index (χ0v) is 14.3. The molecule has 23 heavy (non-hydrogen) atoms. The van der Waals surface area contributed by atoms with Crippen LogP contribution < -0.4 is 15.9 Å². The standard InChI is InChI=1S/C15H21ClN4O3/c1-9(2)22-13-8-11(7-12(16)19-13)15(17)20-18-6-5-14(21)23-10(3)4/h5-10,18H,1-4H3,(H2,17,20)/b6-5-. The molecule has 0 saturated heterocycles. The Morgan fingerprint density at radius 2 is 2.04 bits per heavy atom. The molecule has 8 heteroatoms. The van der Waals surface area contributed by atoms with Gasteiger partial charge < -0.3 is 15.2 Å². The minimum absolute atomic E-state index is 0.0417. The Kier molecular flexibility index (Phi) is 7.34. The number of amidine groups is 1. The van der Waals surface area contributed by atoms with Crippen LogP contribution in [0.25, 0.3) is 0 Å². The Labute approximate surface area is 140 Å². The third-order valence-electron chi connectivity index (χ3n) is 2.25. The largest absolute Gasteiger partial charge is 0.475 e. The highest BCUT2D eigenvalue weighted by Gasteiger charge is 2.07. The number of ether oxygens (including phenoxy) is 2. The monoisotopic (exact) mass is 340 g/mol. The summed E-state index contributed by atoms with van der Waals surface area (Å²) in [5.74, 6) is 0.0577. The fourth-order valence-corrected chi connectivity index (χ4v) is 1.67. The number of nitrogens with one attached hydrogen (secondary N) is 1. The highest BCUT2D eigenvalue weighted by Crippen LogP contribution is 2.17. The second-order valence-electron chi connectivity index (χ2n) is 5.13. The van der Waals surface area contributed by atoms with Crippen molar-refractivity contribution in [3.05, 3.63) is 35.1 Å². The van der Waals surface area contributed by atoms with Crippen molar-refractivity contribution in [1.29, 1.82) is 0 Å². The first kappa shape index (κ1) is 18.8. The fourth-order valence-electron chi connectivity index (χ4n) is 1.47. The molecule has 1 heterocycles. The molecule has 3 N–H and O–H groups in total. The predicted molar refractivity (Wildman–Crippen MR) is 89.2 cm³/mol. The van der Waals surface area contributed by atoms with E-state index in [4.69, 9.17) is 26.8 Å². The van der Waals surface area contributed by atoms with E-state index in [1.807, 2.05) is 13.8 Å². The van der Waals surface area contributed by atoms with Gasteiger partial charge in [-0.1, -0.05) is 11.6 Å². The van der Waals surface area contributed by atoms with E-state index < -0.39 is 5.97 Å². The Morgan fingerprint density at radius 3 is 2.65 bits per heavy atom. The highest BCUT2D eigenvalue weighted by molar-refractivity contribution is 6.29. The molecule has 0 aliphatic heterocycles. The molecular weight excluding hydrogens is 320 g/mol. The first-order chi connectivity index (χ1) is 10.8. The molecule has 7 nitrogen and oxygen atoms in total. The minimum atomic E-state index is -0.471. The molecule has 0 aromatic carbocycles. The molecule has 1 rings (SSSR count). The molecule has 0 fully saturated rings. The van der Waals surface area contributed by atoms with Crippen LogP contribution in [0, 0.1) is 0 Å². The molecule has 126 valence electrons. The smallest absolute Gasteiger partial charge is 0.332 e. The SMILES string of the molecule is CC(C)OC(=O)/C=C\N/N=C(\N)c1cc(Cl)nc(OC(C)C)c1. The van der Waals surface area contributed by atoms with Gasteiger partial charge in [0, 0.05) is 23.9 Å². The lowest BCUT2D eigenvalue weighted by molar-refractivity contribution is -0.141. The van der Waals surface area contributed by atoms with Crippen molar-refractivity contribution in [2.45, 2.75) is 39.9 Å². The summed E-state index contributed by atoms with van der Waals surface area (Å²) < 4.78 is 10.4. The van der Waals surface area contributed by atoms with Gasteiger partial charge in [-0.05, 0) is 33.8 Å². The lowest BCUT2D eigenvalue weighted by atomic mass is 10.2. The Balaban J connectivity index is 2.72. The molecule has 0 unspecified atom stereocenters. The number of rotatable bonds is 7. The van der Waals surface area contributed by atoms with E-state index >= 15 is 0 Å². The number of esters is 1. The van der Waals surface area contributed by atoms with Gasteiger partial charge in [0.2, 0.25) is 5.88 Å². The van der Waals surface area contributed by atoms with Crippen molar-refractivity contribution < 1.29 is 14.3 Å². The van der Waals surface area contributed by atoms with E-state index in [0.717, 1.165) is 0 Å². The zero-order chi connectivity index (χ0) is 17.4. The summed E-state index contributed by atoms with van der Waals surface area (Å²) in [6.07, 6.45) is 2.31. The van der Waals surface area contributed by atoms with Crippen LogP contribution >= 0.6 is 11.6 Å². The van der Waals surface area contributed by atoms with Crippen LogP contribution in [-0.4, -0.2) is 29.0 Å². The van der Waals surface area contributed by atoms with Crippen molar-refractivity contribution in [3.63, 3.8) is 0 Å². The maximum absolute atomic E-state index is 11.3. The number of hydrazone groups is 1. The van der Waals surface area contributed by atoms with Gasteiger partial charge in [-0.25, -0.2) is 9.78 Å². The van der Waals surface area contributed by atoms with Crippen LogP contribution in [0.4, 0.5) is 0 Å². The van der Waals surface area contributed by atoms with Crippen molar-refractivity contribution in [2.24, 2.45) is 10.8 Å². The average Bonchev–Trinajstić information content (AvgIpc) is 2.41. The van der Waals surface area contributed by atoms with Crippen LogP contribution in [0.3, 0.4) is 0 Å². The minimum Gasteiger partial charge on any atom is -0.475 e. The van der Waals surface area contributed by atoms with E-state index in [1.165, 1.54) is 12.3 Å². The maximum atomic E-state index is 11.3. The highest BCUT2D eigenvalue weighted by atomic mass is 35.5. The maximum Gasteiger partial charge on any atom is 0.332 e. The molecule has 1 aromatic heterocycles. The average molecular weight is 341 g/mol. The molecule has 0 atom stereocenters. The number of carbonyl (C=O) groups is 1. The van der Waals surface area contributed by atoms with E-state index in [2.05, 4.69) is 15.5 Å². The number of hydrogen-bond acceptors (Lipinski definition) is 6. The summed E-state index contributed by atoms with van der Waals surface area (Å²) in [6, 6.07) is 3.19. The van der Waals surface area contributed by atoms with Crippen LogP contribution in [-0.2, 0) is 9.53 Å². The number of halogens is 1. The number of nitrogens with two attached hydrogens (primary N) is 1. The third-order valence-corrected chi connectivity index (χ3v) is 2.45. The summed E-state index contributed by atoms with van der Waals surface area (Å²) in [5, 5.41) is 4.16. The van der Waals surface area contributed by atoms with Crippen LogP contribution in [0.1, 0.15) is 33.3 Å². The van der Waals surface area contributed by atoms with E-state index in [9.17, 15) is 4.79 Å². The van der Waals surface area contributed by atoms with E-state index in [1.54, 1.807) is 26.0 Å². The van der Waals surface area contributed by atoms with Gasteiger partial charge in [0.1, 0.15) is 5.15 Å². The second-order valence-corrected chi connectivity index (χ2v) is 5.52. The van der Waals surface area contributed by atoms with Crippen LogP contribution in [0.2, 0.25) is 5.15 Å². The molecule has 0 bridgehead atoms. The predicted octanol–water partition coefficient (Wildman–Crippen LogP) is 2.20. The summed E-state index contributed by atoms with van der Waals surface area (Å²) in [7, 11) is 0. The molecule has 0 spiro atoms. The quantitative estimate of drug-likeness (QED) is 0.197. The first-order valence-corrected chi connectivity index (χ1v) is 7.46. The molecular formula is C15H21ClN4O3. The topological polar surface area (TPSA) is 98.8 Å². The summed E-state index contributed by atoms with van der Waals surface area (Å²) >= 11 is 5.93. The van der Waals surface area contributed by atoms with E-state index in [0.29, 0.717) is 11.4 Å². The molecule has 0 amide bonds. The number of pyridine rings is 1. The first-order valence-electron chi connectivity index (χ1n) is 7.08. The Bertz CT molecular complexity index is 600. The third kappa shape index (κ3) is 7.51. The summed E-state index contributed by atoms with van der Waals surface area (Å²) in [6.45, 7) is 7.28. The molecule has 0 aliphatic carbocycles. The lowest BCUT2D eigenvalue weighted by Gasteiger charge is -2.10. The lowest BCUT2D eigenvalue weighted by Crippen LogP contribution is -2.18. The fraction of sp³-hybridized carbons (Fsp3) is 0.400. The van der Waals surface area contributed by atoms with Gasteiger partial charge in [-0.15, -0.1) is 0 Å². The van der Waals surface area contributed by atoms with Gasteiger partial charge in [0.15, 0.2) is 5.84 Å². The number of nitrogens with zero attached hydrogens (tertiary/aromatic N) is 2. The Morgan fingerprint density at radius 1 is 1.35 bits per heavy atom. The summed E-state index contributed by atoms with van der Waals surface area (Å²) in [4.78, 5) is 15.3. The molecule has 0 aliphatic rings. The van der Waals surface area contributed by atoms with Gasteiger partial charge in [-0.3, -0.25) is 5.43 Å². The van der Waals surface area contributed by atoms with E-state index in [-0.39, 0.29) is 23.2 Å². The number of hydrogen-bond donors (Lipinski definition) is 2. The van der Waals surface area contributed by atoms with Crippen LogP contribution in [0.5, 0.6) is 5.88 Å². The van der Waals surface area contributed by atoms with Gasteiger partial charge in [-0.2, -0.15) is 5.10 Å². The molecule has 0 radical (unpaired) electrons. The summed E-state index contributed by atoms with van der Waals surface area (Å²) in [5.41, 5.74) is 8.95. The van der Waals surface area contributed by atoms with Crippen molar-refractivity contribution in [3.8, 4) is 5.88 Å². The van der Waals surface area contributed by atoms with Crippen molar-refractivity contribution in [1.82, 2.24) is 10.4 Å². The normalized spacial score (nSPS) is 12.0. The van der Waals surface area contributed by atoms with Gasteiger partial charge >= 0.3 is 5.97 Å². The molecule has 0 saturated carbocycles. The van der Waals surface area contributed by atoms with Crippen molar-refractivity contribution in [2.75, 3.05) is 0 Å². The van der Waals surface area contributed by atoms with Crippen LogP contribution in [0.15, 0.2) is 29.5 Å². The Hall–Kier alpha value is -2.28. The van der Waals surface area contributed by atoms with Gasteiger partial charge in [0.05, 0.1) is 12.2 Å². The number of aromatic nitrogens is 1. The number of carbonyl (C=O) groups excluding carboxylic acids is 1. The molecule has 1 aromatic rings. The zero-order valence-electron chi connectivity index (χ0n) is 13.5. The van der Waals surface area contributed by atoms with Gasteiger partial charge in [0.25, 0.3) is 0 Å².